The minimum Gasteiger partial charge on any atom is -0.456 e. The van der Waals surface area contributed by atoms with E-state index < -0.39 is 23.7 Å². The fourth-order valence-electron chi connectivity index (χ4n) is 3.03. The van der Waals surface area contributed by atoms with Crippen molar-refractivity contribution in [2.24, 2.45) is 0 Å². The Kier molecular flexibility index (Phi) is 5.38. The molecule has 2 aliphatic rings. The van der Waals surface area contributed by atoms with Crippen LogP contribution in [0, 0.1) is 11.6 Å². The molecule has 0 radical (unpaired) electrons. The molecule has 0 unspecified atom stereocenters. The molecule has 27 heavy (non-hydrogen) atoms. The molecule has 144 valence electrons. The second-order valence-corrected chi connectivity index (χ2v) is 6.15. The van der Waals surface area contributed by atoms with Crippen molar-refractivity contribution >= 4 is 29.2 Å². The van der Waals surface area contributed by atoms with Crippen LogP contribution in [0.15, 0.2) is 18.2 Å². The van der Waals surface area contributed by atoms with E-state index in [1.165, 1.54) is 16.7 Å². The molecular weight excluding hydrogens is 362 g/mol. The average molecular weight is 380 g/mol. The number of amides is 2. The number of hydrogen-bond donors (Lipinski definition) is 0. The van der Waals surface area contributed by atoms with E-state index in [9.17, 15) is 23.2 Å². The molecule has 0 atom stereocenters. The Morgan fingerprint density at radius 2 is 1.93 bits per heavy atom. The Morgan fingerprint density at radius 3 is 2.44 bits per heavy atom. The standard InChI is InChI=1S/C18H18F2N2O5/c1-11(23)27-10-16(24)21-4-2-12(3-5-21)17-14(19)8-13(9-15(17)20)22-6-7-26-18(22)25/h2,8-9H,3-7,10H2,1H3. The number of cyclic esters (lactones) is 1. The molecule has 2 heterocycles. The lowest BCUT2D eigenvalue weighted by molar-refractivity contribution is -0.150. The number of ether oxygens (including phenoxy) is 2. The Bertz CT molecular complexity index is 801. The van der Waals surface area contributed by atoms with Crippen LogP contribution >= 0.6 is 0 Å². The fraction of sp³-hybridized carbons (Fsp3) is 0.389. The molecule has 7 nitrogen and oxygen atoms in total. The molecule has 0 saturated carbocycles. The monoisotopic (exact) mass is 380 g/mol. The first-order chi connectivity index (χ1) is 12.9. The Hall–Kier alpha value is -2.97. The maximum absolute atomic E-state index is 14.5. The molecule has 0 bridgehead atoms. The Morgan fingerprint density at radius 1 is 1.22 bits per heavy atom. The topological polar surface area (TPSA) is 76.2 Å². The van der Waals surface area contributed by atoms with E-state index in [-0.39, 0.29) is 56.4 Å². The lowest BCUT2D eigenvalue weighted by Crippen LogP contribution is -2.37. The Labute approximate surface area is 154 Å². The van der Waals surface area contributed by atoms with Crippen LogP contribution in [0.1, 0.15) is 18.9 Å². The molecule has 9 heteroatoms. The predicted molar refractivity (Wildman–Crippen MR) is 90.9 cm³/mol. The maximum Gasteiger partial charge on any atom is 0.414 e. The maximum atomic E-state index is 14.5. The van der Waals surface area contributed by atoms with Gasteiger partial charge in [0.05, 0.1) is 12.2 Å². The summed E-state index contributed by atoms with van der Waals surface area (Å²) in [5, 5.41) is 0. The zero-order chi connectivity index (χ0) is 19.6. The van der Waals surface area contributed by atoms with Crippen molar-refractivity contribution in [3.05, 3.63) is 35.4 Å². The quantitative estimate of drug-likeness (QED) is 0.748. The van der Waals surface area contributed by atoms with Gasteiger partial charge in [-0.1, -0.05) is 6.08 Å². The van der Waals surface area contributed by atoms with Gasteiger partial charge in [-0.05, 0) is 24.1 Å². The highest BCUT2D eigenvalue weighted by Gasteiger charge is 2.27. The second kappa shape index (κ2) is 7.73. The summed E-state index contributed by atoms with van der Waals surface area (Å²) in [5.74, 6) is -2.49. The number of esters is 1. The molecule has 2 amide bonds. The third-order valence-electron chi connectivity index (χ3n) is 4.38. The molecular formula is C18H18F2N2O5. The molecule has 0 N–H and O–H groups in total. The van der Waals surface area contributed by atoms with Gasteiger partial charge in [0.1, 0.15) is 18.2 Å². The van der Waals surface area contributed by atoms with E-state index in [4.69, 9.17) is 4.74 Å². The third kappa shape index (κ3) is 4.07. The number of hydrogen-bond acceptors (Lipinski definition) is 5. The summed E-state index contributed by atoms with van der Waals surface area (Å²) in [6, 6.07) is 2.20. The third-order valence-corrected chi connectivity index (χ3v) is 4.38. The summed E-state index contributed by atoms with van der Waals surface area (Å²) in [4.78, 5) is 36.9. The Balaban J connectivity index is 1.74. The first-order valence-corrected chi connectivity index (χ1v) is 8.40. The largest absolute Gasteiger partial charge is 0.456 e. The van der Waals surface area contributed by atoms with Crippen molar-refractivity contribution in [1.29, 1.82) is 0 Å². The lowest BCUT2D eigenvalue weighted by Gasteiger charge is -2.27. The average Bonchev–Trinajstić information content (AvgIpc) is 3.05. The number of carbonyl (C=O) groups excluding carboxylic acids is 3. The van der Waals surface area contributed by atoms with Gasteiger partial charge in [0.15, 0.2) is 6.61 Å². The number of carbonyl (C=O) groups is 3. The van der Waals surface area contributed by atoms with E-state index in [2.05, 4.69) is 4.74 Å². The summed E-state index contributed by atoms with van der Waals surface area (Å²) >= 11 is 0. The van der Waals surface area contributed by atoms with Gasteiger partial charge >= 0.3 is 12.1 Å². The number of rotatable bonds is 4. The second-order valence-electron chi connectivity index (χ2n) is 6.15. The minimum atomic E-state index is -0.782. The highest BCUT2D eigenvalue weighted by Crippen LogP contribution is 2.31. The molecule has 1 aromatic rings. The van der Waals surface area contributed by atoms with Gasteiger partial charge in [-0.3, -0.25) is 14.5 Å². The highest BCUT2D eigenvalue weighted by molar-refractivity contribution is 5.89. The number of halogens is 2. The van der Waals surface area contributed by atoms with Crippen molar-refractivity contribution in [1.82, 2.24) is 4.90 Å². The summed E-state index contributed by atoms with van der Waals surface area (Å²) in [5.41, 5.74) is 0.376. The molecule has 0 spiro atoms. The van der Waals surface area contributed by atoms with Crippen molar-refractivity contribution in [3.8, 4) is 0 Å². The first kappa shape index (κ1) is 18.8. The van der Waals surface area contributed by atoms with Crippen molar-refractivity contribution < 1.29 is 32.6 Å². The zero-order valence-electron chi connectivity index (χ0n) is 14.7. The van der Waals surface area contributed by atoms with Crippen LogP contribution in [0.5, 0.6) is 0 Å². The van der Waals surface area contributed by atoms with Crippen LogP contribution in [0.4, 0.5) is 19.3 Å². The van der Waals surface area contributed by atoms with Crippen LogP contribution in [-0.4, -0.2) is 55.7 Å². The van der Waals surface area contributed by atoms with Crippen molar-refractivity contribution in [3.63, 3.8) is 0 Å². The van der Waals surface area contributed by atoms with Gasteiger partial charge in [-0.2, -0.15) is 0 Å². The number of benzene rings is 1. The van der Waals surface area contributed by atoms with Crippen molar-refractivity contribution in [2.45, 2.75) is 13.3 Å². The molecule has 0 aliphatic carbocycles. The van der Waals surface area contributed by atoms with Crippen LogP contribution in [0.25, 0.3) is 5.57 Å². The first-order valence-electron chi connectivity index (χ1n) is 8.40. The van der Waals surface area contributed by atoms with Gasteiger partial charge in [0, 0.05) is 25.6 Å². The van der Waals surface area contributed by atoms with Gasteiger partial charge < -0.3 is 14.4 Å². The molecule has 2 aliphatic heterocycles. The van der Waals surface area contributed by atoms with E-state index >= 15 is 0 Å². The summed E-state index contributed by atoms with van der Waals surface area (Å²) < 4.78 is 38.5. The van der Waals surface area contributed by atoms with Crippen LogP contribution < -0.4 is 4.90 Å². The van der Waals surface area contributed by atoms with Gasteiger partial charge in [0.2, 0.25) is 0 Å². The summed E-state index contributed by atoms with van der Waals surface area (Å²) in [6.45, 7) is 1.67. The van der Waals surface area contributed by atoms with Gasteiger partial charge in [-0.25, -0.2) is 13.6 Å². The fourth-order valence-corrected chi connectivity index (χ4v) is 3.03. The SMILES string of the molecule is CC(=O)OCC(=O)N1CC=C(c2c(F)cc(N3CCOC3=O)cc2F)CC1. The van der Waals surface area contributed by atoms with Gasteiger partial charge in [-0.15, -0.1) is 0 Å². The summed E-state index contributed by atoms with van der Waals surface area (Å²) in [6.07, 6.45) is 1.19. The molecule has 1 saturated heterocycles. The number of nitrogens with zero attached hydrogens (tertiary/aromatic N) is 2. The van der Waals surface area contributed by atoms with Crippen LogP contribution in [0.3, 0.4) is 0 Å². The normalized spacial score (nSPS) is 16.9. The van der Waals surface area contributed by atoms with E-state index in [1.807, 2.05) is 0 Å². The lowest BCUT2D eigenvalue weighted by atomic mass is 9.97. The molecule has 0 aromatic heterocycles. The van der Waals surface area contributed by atoms with Gasteiger partial charge in [0.25, 0.3) is 5.91 Å². The zero-order valence-corrected chi connectivity index (χ0v) is 14.7. The number of anilines is 1. The van der Waals surface area contributed by atoms with E-state index in [0.29, 0.717) is 5.57 Å². The molecule has 1 aromatic carbocycles. The van der Waals surface area contributed by atoms with Crippen molar-refractivity contribution in [2.75, 3.05) is 37.7 Å². The molecule has 1 fully saturated rings. The van der Waals surface area contributed by atoms with E-state index in [0.717, 1.165) is 12.1 Å². The van der Waals surface area contributed by atoms with Crippen LogP contribution in [0.2, 0.25) is 0 Å². The highest BCUT2D eigenvalue weighted by atomic mass is 19.1. The minimum absolute atomic E-state index is 0.103. The van der Waals surface area contributed by atoms with Crippen LogP contribution in [-0.2, 0) is 19.1 Å². The summed E-state index contributed by atoms with van der Waals surface area (Å²) in [7, 11) is 0. The van der Waals surface area contributed by atoms with E-state index in [1.54, 1.807) is 6.08 Å². The molecule has 3 rings (SSSR count). The smallest absolute Gasteiger partial charge is 0.414 e. The predicted octanol–water partition coefficient (Wildman–Crippen LogP) is 2.10.